The molecular weight excluding hydrogens is 198 g/mol. The van der Waals surface area contributed by atoms with Crippen molar-refractivity contribution in [3.63, 3.8) is 0 Å². The third-order valence-corrected chi connectivity index (χ3v) is 2.97. The summed E-state index contributed by atoms with van der Waals surface area (Å²) in [5, 5.41) is 3.46. The summed E-state index contributed by atoms with van der Waals surface area (Å²) in [6.45, 7) is 7.58. The fourth-order valence-electron chi connectivity index (χ4n) is 2.10. The van der Waals surface area contributed by atoms with Crippen molar-refractivity contribution in [2.75, 3.05) is 18.0 Å². The van der Waals surface area contributed by atoms with Gasteiger partial charge in [-0.1, -0.05) is 19.9 Å². The summed E-state index contributed by atoms with van der Waals surface area (Å²) in [4.78, 5) is 6.92. The van der Waals surface area contributed by atoms with Crippen LogP contribution >= 0.6 is 0 Å². The van der Waals surface area contributed by atoms with Gasteiger partial charge in [0.2, 0.25) is 0 Å². The molecule has 0 saturated carbocycles. The summed E-state index contributed by atoms with van der Waals surface area (Å²) >= 11 is 0. The van der Waals surface area contributed by atoms with E-state index in [9.17, 15) is 0 Å². The van der Waals surface area contributed by atoms with Crippen molar-refractivity contribution in [2.45, 2.75) is 39.3 Å². The third-order valence-electron chi connectivity index (χ3n) is 2.97. The van der Waals surface area contributed by atoms with Gasteiger partial charge in [-0.2, -0.15) is 0 Å². The van der Waals surface area contributed by atoms with Crippen LogP contribution in [0.15, 0.2) is 18.3 Å². The number of hydrogen-bond acceptors (Lipinski definition) is 3. The topological polar surface area (TPSA) is 28.2 Å². The average Bonchev–Trinajstić information content (AvgIpc) is 2.80. The van der Waals surface area contributed by atoms with E-state index in [1.165, 1.54) is 24.2 Å². The molecular formula is C13H21N3. The van der Waals surface area contributed by atoms with E-state index in [2.05, 4.69) is 35.1 Å². The van der Waals surface area contributed by atoms with Gasteiger partial charge in [0.15, 0.2) is 0 Å². The molecule has 0 atom stereocenters. The Morgan fingerprint density at radius 3 is 2.81 bits per heavy atom. The maximum Gasteiger partial charge on any atom is 0.133 e. The Morgan fingerprint density at radius 1 is 1.38 bits per heavy atom. The fraction of sp³-hybridized carbons (Fsp3) is 0.615. The van der Waals surface area contributed by atoms with E-state index >= 15 is 0 Å². The predicted octanol–water partition coefficient (Wildman–Crippen LogP) is 2.18. The summed E-state index contributed by atoms with van der Waals surface area (Å²) in [5.74, 6) is 1.17. The van der Waals surface area contributed by atoms with Crippen LogP contribution in [0.5, 0.6) is 0 Å². The van der Waals surface area contributed by atoms with E-state index in [4.69, 9.17) is 0 Å². The van der Waals surface area contributed by atoms with Crippen LogP contribution in [0.2, 0.25) is 0 Å². The number of anilines is 1. The molecule has 0 radical (unpaired) electrons. The monoisotopic (exact) mass is 219 g/mol. The zero-order valence-electron chi connectivity index (χ0n) is 10.2. The van der Waals surface area contributed by atoms with Gasteiger partial charge in [-0.15, -0.1) is 0 Å². The number of hydrogen-bond donors (Lipinski definition) is 1. The van der Waals surface area contributed by atoms with Crippen molar-refractivity contribution in [2.24, 2.45) is 0 Å². The molecule has 3 nitrogen and oxygen atoms in total. The van der Waals surface area contributed by atoms with Crippen LogP contribution in [0.25, 0.3) is 0 Å². The molecule has 0 amide bonds. The molecule has 0 unspecified atom stereocenters. The minimum Gasteiger partial charge on any atom is -0.356 e. The molecule has 3 heteroatoms. The van der Waals surface area contributed by atoms with Gasteiger partial charge in [-0.3, -0.25) is 0 Å². The van der Waals surface area contributed by atoms with Crippen molar-refractivity contribution in [3.05, 3.63) is 23.9 Å². The highest BCUT2D eigenvalue weighted by Crippen LogP contribution is 2.21. The second-order valence-electron chi connectivity index (χ2n) is 4.72. The lowest BCUT2D eigenvalue weighted by Crippen LogP contribution is -2.25. The first kappa shape index (κ1) is 11.4. The minimum atomic E-state index is 0.520. The van der Waals surface area contributed by atoms with Gasteiger partial charge in [0.1, 0.15) is 5.82 Å². The smallest absolute Gasteiger partial charge is 0.133 e. The Labute approximate surface area is 97.9 Å². The van der Waals surface area contributed by atoms with Crippen LogP contribution in [0.3, 0.4) is 0 Å². The lowest BCUT2D eigenvalue weighted by molar-refractivity contribution is 0.587. The summed E-state index contributed by atoms with van der Waals surface area (Å²) in [6.07, 6.45) is 4.49. The van der Waals surface area contributed by atoms with Gasteiger partial charge in [0.25, 0.3) is 0 Å². The van der Waals surface area contributed by atoms with E-state index in [1.54, 1.807) is 0 Å². The minimum absolute atomic E-state index is 0.520. The Bertz CT molecular complexity index is 330. The summed E-state index contributed by atoms with van der Waals surface area (Å²) in [6, 6.07) is 4.72. The normalized spacial score (nSPS) is 16.1. The van der Waals surface area contributed by atoms with Crippen LogP contribution in [0.1, 0.15) is 32.3 Å². The second-order valence-corrected chi connectivity index (χ2v) is 4.72. The Kier molecular flexibility index (Phi) is 3.78. The number of aromatic nitrogens is 1. The molecule has 88 valence electrons. The van der Waals surface area contributed by atoms with E-state index < -0.39 is 0 Å². The van der Waals surface area contributed by atoms with Crippen molar-refractivity contribution >= 4 is 5.82 Å². The molecule has 0 bridgehead atoms. The Hall–Kier alpha value is -1.09. The molecule has 2 rings (SSSR count). The molecule has 0 aromatic carbocycles. The predicted molar refractivity (Wildman–Crippen MR) is 67.7 cm³/mol. The quantitative estimate of drug-likeness (QED) is 0.841. The highest BCUT2D eigenvalue weighted by atomic mass is 15.2. The molecule has 1 aliphatic rings. The number of nitrogens with one attached hydrogen (secondary N) is 1. The standard InChI is InChI=1S/C13H21N3/c1-11(2)15-10-12-6-5-7-14-13(12)16-8-3-4-9-16/h5-7,11,15H,3-4,8-10H2,1-2H3. The van der Waals surface area contributed by atoms with Crippen LogP contribution in [-0.2, 0) is 6.54 Å². The highest BCUT2D eigenvalue weighted by molar-refractivity contribution is 5.47. The van der Waals surface area contributed by atoms with Gasteiger partial charge in [0.05, 0.1) is 0 Å². The molecule has 1 aliphatic heterocycles. The number of pyridine rings is 1. The van der Waals surface area contributed by atoms with Crippen LogP contribution in [-0.4, -0.2) is 24.1 Å². The first-order valence-corrected chi connectivity index (χ1v) is 6.19. The molecule has 1 aromatic rings. The van der Waals surface area contributed by atoms with E-state index in [-0.39, 0.29) is 0 Å². The van der Waals surface area contributed by atoms with Gasteiger partial charge in [-0.05, 0) is 18.9 Å². The SMILES string of the molecule is CC(C)NCc1cccnc1N1CCCC1. The summed E-state index contributed by atoms with van der Waals surface area (Å²) < 4.78 is 0. The van der Waals surface area contributed by atoms with Crippen molar-refractivity contribution in [3.8, 4) is 0 Å². The number of nitrogens with zero attached hydrogens (tertiary/aromatic N) is 2. The fourth-order valence-corrected chi connectivity index (χ4v) is 2.10. The Morgan fingerprint density at radius 2 is 2.12 bits per heavy atom. The van der Waals surface area contributed by atoms with E-state index in [0.717, 1.165) is 19.6 Å². The van der Waals surface area contributed by atoms with Crippen molar-refractivity contribution < 1.29 is 0 Å². The largest absolute Gasteiger partial charge is 0.356 e. The van der Waals surface area contributed by atoms with E-state index in [1.807, 2.05) is 12.3 Å². The summed E-state index contributed by atoms with van der Waals surface area (Å²) in [7, 11) is 0. The molecule has 1 N–H and O–H groups in total. The number of rotatable bonds is 4. The maximum atomic E-state index is 4.52. The van der Waals surface area contributed by atoms with Crippen LogP contribution in [0.4, 0.5) is 5.82 Å². The van der Waals surface area contributed by atoms with Crippen LogP contribution in [0, 0.1) is 0 Å². The third kappa shape index (κ3) is 2.73. The van der Waals surface area contributed by atoms with Crippen molar-refractivity contribution in [1.82, 2.24) is 10.3 Å². The average molecular weight is 219 g/mol. The molecule has 0 spiro atoms. The van der Waals surface area contributed by atoms with Gasteiger partial charge in [0, 0.05) is 37.4 Å². The molecule has 1 saturated heterocycles. The molecule has 0 aliphatic carbocycles. The molecule has 1 fully saturated rings. The first-order chi connectivity index (χ1) is 7.77. The molecule has 16 heavy (non-hydrogen) atoms. The highest BCUT2D eigenvalue weighted by Gasteiger charge is 2.16. The summed E-state index contributed by atoms with van der Waals surface area (Å²) in [5.41, 5.74) is 1.32. The van der Waals surface area contributed by atoms with Crippen molar-refractivity contribution in [1.29, 1.82) is 0 Å². The lowest BCUT2D eigenvalue weighted by Gasteiger charge is -2.20. The zero-order valence-corrected chi connectivity index (χ0v) is 10.2. The van der Waals surface area contributed by atoms with Gasteiger partial charge in [-0.25, -0.2) is 4.98 Å². The maximum absolute atomic E-state index is 4.52. The second kappa shape index (κ2) is 5.30. The lowest BCUT2D eigenvalue weighted by atomic mass is 10.2. The van der Waals surface area contributed by atoms with E-state index in [0.29, 0.717) is 6.04 Å². The Balaban J connectivity index is 2.10. The first-order valence-electron chi connectivity index (χ1n) is 6.19. The van der Waals surface area contributed by atoms with Gasteiger partial charge >= 0.3 is 0 Å². The van der Waals surface area contributed by atoms with Crippen LogP contribution < -0.4 is 10.2 Å². The molecule has 2 heterocycles. The van der Waals surface area contributed by atoms with Gasteiger partial charge < -0.3 is 10.2 Å². The molecule has 1 aromatic heterocycles. The zero-order chi connectivity index (χ0) is 11.4.